The third-order valence-corrected chi connectivity index (χ3v) is 5.31. The minimum Gasteiger partial charge on any atom is -0.326 e. The van der Waals surface area contributed by atoms with Crippen molar-refractivity contribution in [3.8, 4) is 0 Å². The number of benzene rings is 1. The average molecular weight is 372 g/mol. The zero-order chi connectivity index (χ0) is 18.8. The lowest BCUT2D eigenvalue weighted by Crippen LogP contribution is -2.29. The van der Waals surface area contributed by atoms with Gasteiger partial charge in [-0.1, -0.05) is 17.8 Å². The first-order chi connectivity index (χ1) is 12.3. The summed E-state index contributed by atoms with van der Waals surface area (Å²) in [5, 5.41) is 6.17. The molecule has 26 heavy (non-hydrogen) atoms. The summed E-state index contributed by atoms with van der Waals surface area (Å²) < 4.78 is 1.63. The Kier molecular flexibility index (Phi) is 5.13. The minimum atomic E-state index is -0.215. The molecule has 1 aromatic heterocycles. The number of carbonyl (C=O) groups is 2. The fourth-order valence-electron chi connectivity index (χ4n) is 2.83. The van der Waals surface area contributed by atoms with E-state index >= 15 is 0 Å². The smallest absolute Gasteiger partial charge is 0.257 e. The molecule has 0 fully saturated rings. The fraction of sp³-hybridized carbons (Fsp3) is 0.333. The second-order valence-corrected chi connectivity index (χ2v) is 7.25. The summed E-state index contributed by atoms with van der Waals surface area (Å²) in [6.45, 7) is 5.00. The van der Waals surface area contributed by atoms with Crippen molar-refractivity contribution >= 4 is 35.0 Å². The molecular weight excluding hydrogens is 352 g/mol. The topological polar surface area (TPSA) is 93.1 Å². The Balaban J connectivity index is 1.72. The predicted molar refractivity (Wildman–Crippen MR) is 102 cm³/mol. The van der Waals surface area contributed by atoms with Crippen LogP contribution in [-0.4, -0.2) is 27.1 Å². The van der Waals surface area contributed by atoms with E-state index in [1.54, 1.807) is 35.8 Å². The summed E-state index contributed by atoms with van der Waals surface area (Å²) in [5.74, 6) is 0.281. The number of amides is 2. The normalized spacial score (nSPS) is 15.4. The summed E-state index contributed by atoms with van der Waals surface area (Å²) >= 11 is 1.49. The SMILES string of the molecule is CC(=O)Nc1cccc(NC(=O)CC2CSc3nc(C)c(C)c(=O)n32)c1. The molecule has 2 N–H and O–H groups in total. The van der Waals surface area contributed by atoms with Gasteiger partial charge in [0.1, 0.15) is 0 Å². The van der Waals surface area contributed by atoms with Crippen LogP contribution in [0.2, 0.25) is 0 Å². The van der Waals surface area contributed by atoms with Gasteiger partial charge >= 0.3 is 0 Å². The Morgan fingerprint density at radius 1 is 1.27 bits per heavy atom. The average Bonchev–Trinajstić information content (AvgIpc) is 2.94. The summed E-state index contributed by atoms with van der Waals surface area (Å²) in [7, 11) is 0. The maximum atomic E-state index is 12.5. The molecule has 0 saturated heterocycles. The molecule has 0 radical (unpaired) electrons. The van der Waals surface area contributed by atoms with E-state index in [9.17, 15) is 14.4 Å². The van der Waals surface area contributed by atoms with Gasteiger partial charge in [0.25, 0.3) is 5.56 Å². The molecule has 1 aliphatic rings. The van der Waals surface area contributed by atoms with Crippen molar-refractivity contribution in [3.05, 3.63) is 45.9 Å². The standard InChI is InChI=1S/C18H20N4O3S/c1-10-11(2)19-18-22(17(10)25)15(9-26-18)8-16(24)21-14-6-4-5-13(7-14)20-12(3)23/h4-7,15H,8-9H2,1-3H3,(H,20,23)(H,21,24). The molecule has 0 bridgehead atoms. The second kappa shape index (κ2) is 7.33. The highest BCUT2D eigenvalue weighted by molar-refractivity contribution is 7.99. The number of aryl methyl sites for hydroxylation is 1. The van der Waals surface area contributed by atoms with E-state index < -0.39 is 0 Å². The van der Waals surface area contributed by atoms with Crippen molar-refractivity contribution < 1.29 is 9.59 Å². The van der Waals surface area contributed by atoms with Crippen molar-refractivity contribution in [1.82, 2.24) is 9.55 Å². The molecule has 7 nitrogen and oxygen atoms in total. The Labute approximate surface area is 155 Å². The fourth-order valence-corrected chi connectivity index (χ4v) is 4.01. The molecule has 2 heterocycles. The first-order valence-corrected chi connectivity index (χ1v) is 9.23. The van der Waals surface area contributed by atoms with Crippen molar-refractivity contribution in [1.29, 1.82) is 0 Å². The number of nitrogens with zero attached hydrogens (tertiary/aromatic N) is 2. The molecule has 2 amide bonds. The van der Waals surface area contributed by atoms with Crippen LogP contribution in [-0.2, 0) is 9.59 Å². The van der Waals surface area contributed by atoms with Gasteiger partial charge in [-0.2, -0.15) is 0 Å². The van der Waals surface area contributed by atoms with E-state index in [0.29, 0.717) is 27.8 Å². The van der Waals surface area contributed by atoms with Crippen LogP contribution in [0.4, 0.5) is 11.4 Å². The van der Waals surface area contributed by atoms with Gasteiger partial charge in [-0.15, -0.1) is 0 Å². The van der Waals surface area contributed by atoms with Crippen LogP contribution in [0.25, 0.3) is 0 Å². The van der Waals surface area contributed by atoms with E-state index in [2.05, 4.69) is 15.6 Å². The van der Waals surface area contributed by atoms with Crippen molar-refractivity contribution in [2.75, 3.05) is 16.4 Å². The first kappa shape index (κ1) is 18.2. The lowest BCUT2D eigenvalue weighted by Gasteiger charge is -2.15. The van der Waals surface area contributed by atoms with Crippen LogP contribution in [0.1, 0.15) is 30.6 Å². The molecule has 2 aromatic rings. The Morgan fingerprint density at radius 3 is 2.65 bits per heavy atom. The largest absolute Gasteiger partial charge is 0.326 e. The summed E-state index contributed by atoms with van der Waals surface area (Å²) in [6.07, 6.45) is 0.189. The lowest BCUT2D eigenvalue weighted by atomic mass is 10.2. The van der Waals surface area contributed by atoms with Crippen LogP contribution >= 0.6 is 11.8 Å². The molecule has 1 atom stereocenters. The maximum Gasteiger partial charge on any atom is 0.257 e. The van der Waals surface area contributed by atoms with Gasteiger partial charge < -0.3 is 10.6 Å². The Morgan fingerprint density at radius 2 is 1.96 bits per heavy atom. The van der Waals surface area contributed by atoms with E-state index in [0.717, 1.165) is 5.69 Å². The molecule has 1 unspecified atom stereocenters. The number of nitrogens with one attached hydrogen (secondary N) is 2. The molecule has 1 aliphatic heterocycles. The molecule has 8 heteroatoms. The number of anilines is 2. The number of carbonyl (C=O) groups excluding carboxylic acids is 2. The predicted octanol–water partition coefficient (Wildman–Crippen LogP) is 2.49. The van der Waals surface area contributed by atoms with Crippen LogP contribution in [0.3, 0.4) is 0 Å². The number of aromatic nitrogens is 2. The zero-order valence-electron chi connectivity index (χ0n) is 14.8. The van der Waals surface area contributed by atoms with Crippen LogP contribution < -0.4 is 16.2 Å². The third kappa shape index (κ3) is 3.80. The summed E-state index contributed by atoms with van der Waals surface area (Å²) in [5.41, 5.74) is 2.47. The highest BCUT2D eigenvalue weighted by Gasteiger charge is 2.28. The van der Waals surface area contributed by atoms with Crippen molar-refractivity contribution in [2.45, 2.75) is 38.4 Å². The van der Waals surface area contributed by atoms with Gasteiger partial charge in [-0.05, 0) is 32.0 Å². The molecule has 0 saturated carbocycles. The number of thioether (sulfide) groups is 1. The van der Waals surface area contributed by atoms with Gasteiger partial charge in [0.2, 0.25) is 11.8 Å². The Bertz CT molecular complexity index is 939. The molecule has 0 spiro atoms. The van der Waals surface area contributed by atoms with E-state index in [1.165, 1.54) is 18.7 Å². The van der Waals surface area contributed by atoms with Gasteiger partial charge in [-0.25, -0.2) is 4.98 Å². The quantitative estimate of drug-likeness (QED) is 0.805. The van der Waals surface area contributed by atoms with Crippen molar-refractivity contribution in [2.24, 2.45) is 0 Å². The molecule has 1 aromatic carbocycles. The second-order valence-electron chi connectivity index (χ2n) is 6.26. The summed E-state index contributed by atoms with van der Waals surface area (Å²) in [6, 6.07) is 6.73. The number of fused-ring (bicyclic) bond motifs is 1. The number of rotatable bonds is 4. The van der Waals surface area contributed by atoms with Crippen LogP contribution in [0.5, 0.6) is 0 Å². The first-order valence-electron chi connectivity index (χ1n) is 8.25. The summed E-state index contributed by atoms with van der Waals surface area (Å²) in [4.78, 5) is 40.5. The highest BCUT2D eigenvalue weighted by Crippen LogP contribution is 2.32. The van der Waals surface area contributed by atoms with Crippen LogP contribution in [0, 0.1) is 13.8 Å². The molecular formula is C18H20N4O3S. The third-order valence-electron chi connectivity index (χ3n) is 4.21. The highest BCUT2D eigenvalue weighted by atomic mass is 32.2. The van der Waals surface area contributed by atoms with E-state index in [4.69, 9.17) is 0 Å². The van der Waals surface area contributed by atoms with Crippen LogP contribution in [0.15, 0.2) is 34.2 Å². The number of hydrogen-bond acceptors (Lipinski definition) is 5. The van der Waals surface area contributed by atoms with Gasteiger partial charge in [0.15, 0.2) is 5.16 Å². The van der Waals surface area contributed by atoms with E-state index in [1.807, 2.05) is 6.92 Å². The molecule has 3 rings (SSSR count). The minimum absolute atomic E-state index is 0.0806. The van der Waals surface area contributed by atoms with Gasteiger partial charge in [0.05, 0.1) is 6.04 Å². The van der Waals surface area contributed by atoms with Crippen molar-refractivity contribution in [3.63, 3.8) is 0 Å². The number of hydrogen-bond donors (Lipinski definition) is 2. The monoisotopic (exact) mass is 372 g/mol. The van der Waals surface area contributed by atoms with E-state index in [-0.39, 0.29) is 29.8 Å². The Hall–Kier alpha value is -2.61. The molecule has 136 valence electrons. The lowest BCUT2D eigenvalue weighted by molar-refractivity contribution is -0.117. The van der Waals surface area contributed by atoms with Gasteiger partial charge in [0, 0.05) is 41.7 Å². The zero-order valence-corrected chi connectivity index (χ0v) is 15.6. The maximum absolute atomic E-state index is 12.5. The molecule has 0 aliphatic carbocycles. The van der Waals surface area contributed by atoms with Gasteiger partial charge in [-0.3, -0.25) is 19.0 Å².